The zero-order valence-corrected chi connectivity index (χ0v) is 26.8. The van der Waals surface area contributed by atoms with Crippen LogP contribution in [0.5, 0.6) is 11.5 Å². The van der Waals surface area contributed by atoms with E-state index in [0.29, 0.717) is 24.5 Å². The summed E-state index contributed by atoms with van der Waals surface area (Å²) in [6, 6.07) is 29.7. The summed E-state index contributed by atoms with van der Waals surface area (Å²) in [5.41, 5.74) is 2.91. The van der Waals surface area contributed by atoms with Gasteiger partial charge in [0.15, 0.2) is 0 Å². The molecule has 4 aromatic carbocycles. The molecule has 242 valence electrons. The highest BCUT2D eigenvalue weighted by Gasteiger charge is 2.43. The zero-order valence-electron chi connectivity index (χ0n) is 26.8. The van der Waals surface area contributed by atoms with E-state index in [9.17, 15) is 14.0 Å². The molecule has 4 aromatic rings. The van der Waals surface area contributed by atoms with Gasteiger partial charge in [-0.25, -0.2) is 14.1 Å². The molecule has 1 heterocycles. The maximum Gasteiger partial charge on any atom is 0.421 e. The fourth-order valence-corrected chi connectivity index (χ4v) is 5.20. The van der Waals surface area contributed by atoms with Gasteiger partial charge in [0.05, 0.1) is 31.0 Å². The van der Waals surface area contributed by atoms with Gasteiger partial charge in [-0.1, -0.05) is 80.1 Å². The van der Waals surface area contributed by atoms with Gasteiger partial charge >= 0.3 is 6.09 Å². The van der Waals surface area contributed by atoms with Crippen LogP contribution in [0.2, 0.25) is 0 Å². The molecule has 0 saturated carbocycles. The largest absolute Gasteiger partial charge is 0.497 e. The lowest BCUT2D eigenvalue weighted by atomic mass is 10.0. The molecular weight excluding hydrogens is 597 g/mol. The zero-order chi connectivity index (χ0) is 33.2. The number of unbranched alkanes of at least 4 members (excludes halogenated alkanes) is 1. The average molecular weight is 636 g/mol. The van der Waals surface area contributed by atoms with E-state index < -0.39 is 23.9 Å². The van der Waals surface area contributed by atoms with Crippen molar-refractivity contribution in [2.45, 2.75) is 38.8 Å². The Balaban J connectivity index is 1.55. The molecule has 0 N–H and O–H groups in total. The molecule has 1 saturated heterocycles. The summed E-state index contributed by atoms with van der Waals surface area (Å²) in [7, 11) is 3.35. The molecular formula is C38H38FN3O5. The molecule has 0 aliphatic carbocycles. The first-order valence-electron chi connectivity index (χ1n) is 15.6. The number of guanidine groups is 1. The fraction of sp³-hybridized carbons (Fsp3) is 0.237. The monoisotopic (exact) mass is 635 g/mol. The van der Waals surface area contributed by atoms with Gasteiger partial charge in [-0.05, 0) is 72.0 Å². The number of aliphatic imine (C=N–C) groups is 1. The normalized spacial score (nSPS) is 16.0. The van der Waals surface area contributed by atoms with Crippen molar-refractivity contribution in [3.8, 4) is 11.5 Å². The minimum atomic E-state index is -0.816. The molecule has 5 rings (SSSR count). The highest BCUT2D eigenvalue weighted by Crippen LogP contribution is 2.32. The van der Waals surface area contributed by atoms with E-state index in [2.05, 4.69) is 11.9 Å². The van der Waals surface area contributed by atoms with Gasteiger partial charge in [0, 0.05) is 7.05 Å². The SMILES string of the molecule is CCCCOc1ccc(CC2/C(=C/c3ccc(OC)cc3)N(C(=O)OCc3ccccc3)/C(=N\C(=O)c3ccccc3F)N2C)cc1. The third-order valence-corrected chi connectivity index (χ3v) is 7.83. The van der Waals surface area contributed by atoms with Crippen molar-refractivity contribution in [2.24, 2.45) is 4.99 Å². The Hall–Kier alpha value is -5.44. The second-order valence-corrected chi connectivity index (χ2v) is 11.1. The molecule has 1 fully saturated rings. The van der Waals surface area contributed by atoms with Crippen molar-refractivity contribution < 1.29 is 28.2 Å². The maximum atomic E-state index is 14.7. The summed E-state index contributed by atoms with van der Waals surface area (Å²) in [6.45, 7) is 2.77. The number of amides is 2. The summed E-state index contributed by atoms with van der Waals surface area (Å²) in [5, 5.41) is 0. The molecule has 1 unspecified atom stereocenters. The van der Waals surface area contributed by atoms with Crippen LogP contribution in [0.1, 0.15) is 46.8 Å². The van der Waals surface area contributed by atoms with E-state index in [4.69, 9.17) is 14.2 Å². The molecule has 1 atom stereocenters. The molecule has 8 nitrogen and oxygen atoms in total. The van der Waals surface area contributed by atoms with Gasteiger partial charge in [0.25, 0.3) is 5.91 Å². The number of hydrogen-bond acceptors (Lipinski definition) is 5. The quantitative estimate of drug-likeness (QED) is 0.157. The number of hydrogen-bond donors (Lipinski definition) is 0. The van der Waals surface area contributed by atoms with Crippen LogP contribution in [0.4, 0.5) is 9.18 Å². The van der Waals surface area contributed by atoms with Crippen LogP contribution in [0.15, 0.2) is 114 Å². The number of methoxy groups -OCH3 is 1. The lowest BCUT2D eigenvalue weighted by Gasteiger charge is -2.20. The smallest absolute Gasteiger partial charge is 0.421 e. The van der Waals surface area contributed by atoms with Gasteiger partial charge in [0.1, 0.15) is 23.9 Å². The highest BCUT2D eigenvalue weighted by molar-refractivity contribution is 6.08. The second kappa shape index (κ2) is 15.7. The number of halogens is 1. The van der Waals surface area contributed by atoms with Crippen LogP contribution < -0.4 is 9.47 Å². The Morgan fingerprint density at radius 3 is 2.23 bits per heavy atom. The Kier molecular flexibility index (Phi) is 11.0. The topological polar surface area (TPSA) is 80.7 Å². The highest BCUT2D eigenvalue weighted by atomic mass is 19.1. The van der Waals surface area contributed by atoms with Crippen LogP contribution in [0.3, 0.4) is 0 Å². The lowest BCUT2D eigenvalue weighted by Crippen LogP contribution is -2.37. The molecule has 1 aliphatic rings. The number of rotatable bonds is 11. The van der Waals surface area contributed by atoms with Crippen LogP contribution in [-0.4, -0.2) is 54.6 Å². The number of benzene rings is 4. The molecule has 0 spiro atoms. The first-order valence-corrected chi connectivity index (χ1v) is 15.6. The van der Waals surface area contributed by atoms with Gasteiger partial charge in [0.2, 0.25) is 5.96 Å². The Morgan fingerprint density at radius 1 is 0.872 bits per heavy atom. The first kappa shape index (κ1) is 32.9. The molecule has 0 radical (unpaired) electrons. The van der Waals surface area contributed by atoms with Crippen molar-refractivity contribution in [1.82, 2.24) is 9.80 Å². The van der Waals surface area contributed by atoms with E-state index in [1.54, 1.807) is 25.1 Å². The van der Waals surface area contributed by atoms with Crippen LogP contribution in [-0.2, 0) is 17.8 Å². The molecule has 2 amide bonds. The predicted molar refractivity (Wildman–Crippen MR) is 180 cm³/mol. The summed E-state index contributed by atoms with van der Waals surface area (Å²) >= 11 is 0. The van der Waals surface area contributed by atoms with Gasteiger partial charge in [-0.15, -0.1) is 0 Å². The van der Waals surface area contributed by atoms with E-state index in [0.717, 1.165) is 35.3 Å². The molecule has 47 heavy (non-hydrogen) atoms. The standard InChI is InChI=1S/C38H38FN3O5/c1-4-5-23-46-31-21-17-27(18-22-31)24-34-35(25-28-15-19-30(45-3)20-16-28)42(38(44)47-26-29-11-7-6-8-12-29)37(41(34)2)40-36(43)32-13-9-10-14-33(32)39/h6-22,25,34H,4-5,23-24,26H2,1-3H3/b35-25-,40-37-. The van der Waals surface area contributed by atoms with Crippen molar-refractivity contribution in [2.75, 3.05) is 20.8 Å². The van der Waals surface area contributed by atoms with E-state index in [-0.39, 0.29) is 18.1 Å². The summed E-state index contributed by atoms with van der Waals surface area (Å²) in [4.78, 5) is 34.7. The number of nitrogens with zero attached hydrogens (tertiary/aromatic N) is 3. The fourth-order valence-electron chi connectivity index (χ4n) is 5.20. The lowest BCUT2D eigenvalue weighted by molar-refractivity contribution is 0.0995. The van der Waals surface area contributed by atoms with Gasteiger partial charge < -0.3 is 19.1 Å². The molecule has 1 aliphatic heterocycles. The number of carbonyl (C=O) groups excluding carboxylic acids is 2. The first-order chi connectivity index (χ1) is 22.9. The van der Waals surface area contributed by atoms with E-state index in [1.807, 2.05) is 84.9 Å². The minimum Gasteiger partial charge on any atom is -0.497 e. The average Bonchev–Trinajstić information content (AvgIpc) is 3.34. The third kappa shape index (κ3) is 8.24. The predicted octanol–water partition coefficient (Wildman–Crippen LogP) is 7.75. The number of carbonyl (C=O) groups is 2. The summed E-state index contributed by atoms with van der Waals surface area (Å²) < 4.78 is 31.6. The molecule has 0 aromatic heterocycles. The number of ether oxygens (including phenoxy) is 3. The van der Waals surface area contributed by atoms with Crippen molar-refractivity contribution >= 4 is 24.0 Å². The van der Waals surface area contributed by atoms with Crippen molar-refractivity contribution in [1.29, 1.82) is 0 Å². The van der Waals surface area contributed by atoms with E-state index in [1.165, 1.54) is 23.1 Å². The van der Waals surface area contributed by atoms with E-state index >= 15 is 0 Å². The van der Waals surface area contributed by atoms with Gasteiger partial charge in [-0.3, -0.25) is 4.79 Å². The summed E-state index contributed by atoms with van der Waals surface area (Å²) in [5.74, 6) is -0.0258. The van der Waals surface area contributed by atoms with Crippen molar-refractivity contribution in [3.05, 3.63) is 137 Å². The second-order valence-electron chi connectivity index (χ2n) is 11.1. The van der Waals surface area contributed by atoms with Crippen LogP contribution in [0, 0.1) is 5.82 Å². The van der Waals surface area contributed by atoms with Gasteiger partial charge in [-0.2, -0.15) is 4.99 Å². The van der Waals surface area contributed by atoms with Crippen molar-refractivity contribution in [3.63, 3.8) is 0 Å². The summed E-state index contributed by atoms with van der Waals surface area (Å²) in [6.07, 6.45) is 3.62. The molecule has 0 bridgehead atoms. The van der Waals surface area contributed by atoms with Crippen LogP contribution in [0.25, 0.3) is 6.08 Å². The Bertz CT molecular complexity index is 1720. The molecule has 9 heteroatoms. The van der Waals surface area contributed by atoms with Crippen LogP contribution >= 0.6 is 0 Å². The Morgan fingerprint density at radius 2 is 1.55 bits per heavy atom. The third-order valence-electron chi connectivity index (χ3n) is 7.83. The minimum absolute atomic E-state index is 0.00834. The maximum absolute atomic E-state index is 14.7. The number of likely N-dealkylation sites (N-methyl/N-ethyl adjacent to an activating group) is 1. The Labute approximate surface area is 274 Å².